The van der Waals surface area contributed by atoms with Gasteiger partial charge in [-0.3, -0.25) is 4.68 Å². The van der Waals surface area contributed by atoms with Crippen LogP contribution >= 0.6 is 12.4 Å². The molecule has 0 radical (unpaired) electrons. The Bertz CT molecular complexity index is 830. The third kappa shape index (κ3) is 3.86. The Morgan fingerprint density at radius 3 is 2.75 bits per heavy atom. The fraction of sp³-hybridized carbons (Fsp3) is 0.250. The van der Waals surface area contributed by atoms with E-state index < -0.39 is 0 Å². The maximum atomic E-state index is 13.3. The van der Waals surface area contributed by atoms with E-state index in [1.807, 2.05) is 20.2 Å². The first kappa shape index (κ1) is 17.8. The highest BCUT2D eigenvalue weighted by Gasteiger charge is 2.16. The highest BCUT2D eigenvalue weighted by molar-refractivity contribution is 5.85. The van der Waals surface area contributed by atoms with Crippen LogP contribution in [0, 0.1) is 12.7 Å². The second kappa shape index (κ2) is 7.35. The molecule has 0 bridgehead atoms. The van der Waals surface area contributed by atoms with Gasteiger partial charge in [0.1, 0.15) is 17.3 Å². The summed E-state index contributed by atoms with van der Waals surface area (Å²) in [7, 11) is 3.66. The van der Waals surface area contributed by atoms with Gasteiger partial charge in [-0.15, -0.1) is 12.4 Å². The average molecular weight is 352 g/mol. The fourth-order valence-corrected chi connectivity index (χ4v) is 2.35. The molecule has 128 valence electrons. The molecule has 0 spiro atoms. The van der Waals surface area contributed by atoms with Crippen molar-refractivity contribution in [3.8, 4) is 11.6 Å². The largest absolute Gasteiger partial charge is 0.437 e. The highest BCUT2D eigenvalue weighted by Crippen LogP contribution is 2.32. The maximum Gasteiger partial charge on any atom is 0.241 e. The summed E-state index contributed by atoms with van der Waals surface area (Å²) >= 11 is 0. The van der Waals surface area contributed by atoms with Gasteiger partial charge in [-0.1, -0.05) is 6.07 Å². The average Bonchev–Trinajstić information content (AvgIpc) is 3.02. The van der Waals surface area contributed by atoms with Crippen molar-refractivity contribution in [3.63, 3.8) is 0 Å². The van der Waals surface area contributed by atoms with Gasteiger partial charge in [0.2, 0.25) is 5.88 Å². The van der Waals surface area contributed by atoms with Crippen LogP contribution in [0.25, 0.3) is 0 Å². The van der Waals surface area contributed by atoms with E-state index in [0.717, 1.165) is 16.9 Å². The molecule has 0 fully saturated rings. The van der Waals surface area contributed by atoms with Crippen molar-refractivity contribution in [2.45, 2.75) is 13.5 Å². The fourth-order valence-electron chi connectivity index (χ4n) is 2.35. The summed E-state index contributed by atoms with van der Waals surface area (Å²) in [6, 6.07) is 6.03. The number of ether oxygens (including phenoxy) is 1. The molecule has 0 saturated heterocycles. The number of aromatic nitrogens is 4. The van der Waals surface area contributed by atoms with E-state index in [-0.39, 0.29) is 18.2 Å². The number of rotatable bonds is 5. The Kier molecular flexibility index (Phi) is 5.46. The molecule has 0 aliphatic carbocycles. The van der Waals surface area contributed by atoms with E-state index in [9.17, 15) is 4.39 Å². The molecule has 0 aliphatic heterocycles. The molecule has 2 heterocycles. The van der Waals surface area contributed by atoms with Crippen molar-refractivity contribution in [1.29, 1.82) is 0 Å². The van der Waals surface area contributed by atoms with Crippen LogP contribution in [0.1, 0.15) is 11.3 Å². The van der Waals surface area contributed by atoms with E-state index in [0.29, 0.717) is 18.2 Å². The first-order valence-electron chi connectivity index (χ1n) is 7.21. The van der Waals surface area contributed by atoms with Crippen molar-refractivity contribution in [2.24, 2.45) is 14.1 Å². The third-order valence-corrected chi connectivity index (χ3v) is 3.41. The Morgan fingerprint density at radius 1 is 1.29 bits per heavy atom. The van der Waals surface area contributed by atoms with Crippen LogP contribution in [-0.2, 0) is 20.6 Å². The molecule has 3 aromatic rings. The quantitative estimate of drug-likeness (QED) is 0.765. The summed E-state index contributed by atoms with van der Waals surface area (Å²) in [6.07, 6.45) is 3.73. The summed E-state index contributed by atoms with van der Waals surface area (Å²) < 4.78 is 22.5. The van der Waals surface area contributed by atoms with Gasteiger partial charge in [0.15, 0.2) is 0 Å². The lowest BCUT2D eigenvalue weighted by Gasteiger charge is -2.10. The van der Waals surface area contributed by atoms with Crippen LogP contribution in [0.2, 0.25) is 0 Å². The topological polar surface area (TPSA) is 56.9 Å². The minimum Gasteiger partial charge on any atom is -0.437 e. The van der Waals surface area contributed by atoms with E-state index in [1.54, 1.807) is 34.7 Å². The minimum atomic E-state index is -0.341. The number of aryl methyl sites for hydroxylation is 3. The zero-order valence-corrected chi connectivity index (χ0v) is 14.5. The molecular formula is C16H19ClFN5O. The normalized spacial score (nSPS) is 10.3. The Labute approximate surface area is 145 Å². The SMILES string of the molecule is Cc1nn(C)c(Oc2cccc(F)c2)c1NCc1cnn(C)c1.Cl. The summed E-state index contributed by atoms with van der Waals surface area (Å²) in [5.41, 5.74) is 2.64. The molecule has 0 atom stereocenters. The molecule has 0 saturated carbocycles. The Morgan fingerprint density at radius 2 is 2.08 bits per heavy atom. The van der Waals surface area contributed by atoms with Crippen LogP contribution in [0.3, 0.4) is 0 Å². The lowest BCUT2D eigenvalue weighted by Crippen LogP contribution is -2.02. The molecule has 24 heavy (non-hydrogen) atoms. The Balaban J connectivity index is 0.00000208. The lowest BCUT2D eigenvalue weighted by molar-refractivity contribution is 0.428. The number of hydrogen-bond acceptors (Lipinski definition) is 4. The predicted octanol–water partition coefficient (Wildman–Crippen LogP) is 3.43. The van der Waals surface area contributed by atoms with Gasteiger partial charge < -0.3 is 10.1 Å². The van der Waals surface area contributed by atoms with Gasteiger partial charge in [0.05, 0.1) is 11.9 Å². The second-order valence-electron chi connectivity index (χ2n) is 5.32. The molecule has 0 unspecified atom stereocenters. The second-order valence-corrected chi connectivity index (χ2v) is 5.32. The highest BCUT2D eigenvalue weighted by atomic mass is 35.5. The van der Waals surface area contributed by atoms with Crippen LogP contribution in [0.15, 0.2) is 36.7 Å². The lowest BCUT2D eigenvalue weighted by atomic mass is 10.3. The van der Waals surface area contributed by atoms with Crippen LogP contribution in [-0.4, -0.2) is 19.6 Å². The van der Waals surface area contributed by atoms with E-state index in [4.69, 9.17) is 4.74 Å². The van der Waals surface area contributed by atoms with Crippen LogP contribution in [0.5, 0.6) is 11.6 Å². The number of nitrogens with zero attached hydrogens (tertiary/aromatic N) is 4. The molecule has 3 rings (SSSR count). The summed E-state index contributed by atoms with van der Waals surface area (Å²) in [4.78, 5) is 0. The first-order valence-corrected chi connectivity index (χ1v) is 7.21. The summed E-state index contributed by atoms with van der Waals surface area (Å²) in [5.74, 6) is 0.626. The number of benzene rings is 1. The van der Waals surface area contributed by atoms with Crippen molar-refractivity contribution >= 4 is 18.1 Å². The molecule has 8 heteroatoms. The molecule has 0 aliphatic rings. The van der Waals surface area contributed by atoms with Gasteiger partial charge >= 0.3 is 0 Å². The van der Waals surface area contributed by atoms with Gasteiger partial charge in [0.25, 0.3) is 0 Å². The number of hydrogen-bond donors (Lipinski definition) is 1. The van der Waals surface area contributed by atoms with Crippen LogP contribution < -0.4 is 10.1 Å². The van der Waals surface area contributed by atoms with E-state index in [1.165, 1.54) is 12.1 Å². The van der Waals surface area contributed by atoms with Crippen molar-refractivity contribution in [2.75, 3.05) is 5.32 Å². The summed E-state index contributed by atoms with van der Waals surface area (Å²) in [6.45, 7) is 2.49. The number of halogens is 2. The predicted molar refractivity (Wildman–Crippen MR) is 92.2 cm³/mol. The van der Waals surface area contributed by atoms with E-state index in [2.05, 4.69) is 15.5 Å². The standard InChI is InChI=1S/C16H18FN5O.ClH/c1-11-15(18-8-12-9-19-21(2)10-12)16(22(3)20-11)23-14-6-4-5-13(17)7-14;/h4-7,9-10,18H,8H2,1-3H3;1H. The van der Waals surface area contributed by atoms with E-state index >= 15 is 0 Å². The monoisotopic (exact) mass is 351 g/mol. The molecule has 1 N–H and O–H groups in total. The van der Waals surface area contributed by atoms with Crippen LogP contribution in [0.4, 0.5) is 10.1 Å². The molecule has 2 aromatic heterocycles. The zero-order valence-electron chi connectivity index (χ0n) is 13.7. The number of nitrogens with one attached hydrogen (secondary N) is 1. The van der Waals surface area contributed by atoms with Crippen molar-refractivity contribution in [1.82, 2.24) is 19.6 Å². The molecule has 0 amide bonds. The minimum absolute atomic E-state index is 0. The zero-order chi connectivity index (χ0) is 16.4. The molecule has 1 aromatic carbocycles. The molecular weight excluding hydrogens is 333 g/mol. The smallest absolute Gasteiger partial charge is 0.241 e. The number of anilines is 1. The summed E-state index contributed by atoms with van der Waals surface area (Å²) in [5, 5.41) is 11.8. The Hall–Kier alpha value is -2.54. The van der Waals surface area contributed by atoms with Gasteiger partial charge in [-0.05, 0) is 19.1 Å². The van der Waals surface area contributed by atoms with Gasteiger partial charge in [-0.25, -0.2) is 9.07 Å². The first-order chi connectivity index (χ1) is 11.0. The van der Waals surface area contributed by atoms with Gasteiger partial charge in [0, 0.05) is 38.5 Å². The van der Waals surface area contributed by atoms with Crippen molar-refractivity contribution in [3.05, 3.63) is 53.7 Å². The maximum absolute atomic E-state index is 13.3. The van der Waals surface area contributed by atoms with Gasteiger partial charge in [-0.2, -0.15) is 10.2 Å². The third-order valence-electron chi connectivity index (χ3n) is 3.41. The molecule has 6 nitrogen and oxygen atoms in total. The van der Waals surface area contributed by atoms with Crippen molar-refractivity contribution < 1.29 is 9.13 Å².